The van der Waals surface area contributed by atoms with Crippen LogP contribution in [-0.4, -0.2) is 17.9 Å². The number of rotatable bonds is 2. The van der Waals surface area contributed by atoms with Crippen LogP contribution in [0.1, 0.15) is 22.8 Å². The molecule has 3 rings (SSSR count). The van der Waals surface area contributed by atoms with E-state index in [1.165, 1.54) is 0 Å². The molecule has 1 aliphatic heterocycles. The third-order valence-corrected chi connectivity index (χ3v) is 3.45. The maximum atomic E-state index is 12.2. The highest BCUT2D eigenvalue weighted by molar-refractivity contribution is 6.05. The van der Waals surface area contributed by atoms with E-state index in [4.69, 9.17) is 4.74 Å². The maximum absolute atomic E-state index is 12.2. The fourth-order valence-electron chi connectivity index (χ4n) is 2.28. The molecule has 22 heavy (non-hydrogen) atoms. The zero-order chi connectivity index (χ0) is 15.7. The van der Waals surface area contributed by atoms with Crippen molar-refractivity contribution in [3.8, 4) is 5.75 Å². The SMILES string of the molecule is Cc1cccc(C(=O)Nc2ccc3c(c2)NC(=O)[C@H](C)O3)c1. The van der Waals surface area contributed by atoms with Crippen molar-refractivity contribution in [3.05, 3.63) is 53.6 Å². The Kier molecular flexibility index (Phi) is 3.55. The highest BCUT2D eigenvalue weighted by atomic mass is 16.5. The third-order valence-electron chi connectivity index (χ3n) is 3.45. The van der Waals surface area contributed by atoms with E-state index in [2.05, 4.69) is 10.6 Å². The second kappa shape index (κ2) is 5.52. The van der Waals surface area contributed by atoms with Crippen molar-refractivity contribution in [2.75, 3.05) is 10.6 Å². The number of hydrogen-bond acceptors (Lipinski definition) is 3. The summed E-state index contributed by atoms with van der Waals surface area (Å²) in [6.45, 7) is 3.62. The van der Waals surface area contributed by atoms with Crippen LogP contribution in [0.3, 0.4) is 0 Å². The molecule has 1 aliphatic rings. The Bertz CT molecular complexity index is 755. The van der Waals surface area contributed by atoms with Crippen LogP contribution in [0.25, 0.3) is 0 Å². The molecule has 0 saturated heterocycles. The first-order valence-electron chi connectivity index (χ1n) is 7.02. The van der Waals surface area contributed by atoms with Gasteiger partial charge in [0.25, 0.3) is 11.8 Å². The van der Waals surface area contributed by atoms with Gasteiger partial charge in [0.05, 0.1) is 5.69 Å². The Morgan fingerprint density at radius 3 is 2.82 bits per heavy atom. The number of nitrogens with one attached hydrogen (secondary N) is 2. The van der Waals surface area contributed by atoms with E-state index in [1.54, 1.807) is 31.2 Å². The van der Waals surface area contributed by atoms with Gasteiger partial charge in [-0.3, -0.25) is 9.59 Å². The molecule has 112 valence electrons. The second-order valence-electron chi connectivity index (χ2n) is 5.28. The van der Waals surface area contributed by atoms with Crippen molar-refractivity contribution in [3.63, 3.8) is 0 Å². The average Bonchev–Trinajstić information content (AvgIpc) is 2.49. The first-order valence-corrected chi connectivity index (χ1v) is 7.02. The lowest BCUT2D eigenvalue weighted by Crippen LogP contribution is -2.34. The summed E-state index contributed by atoms with van der Waals surface area (Å²) >= 11 is 0. The lowest BCUT2D eigenvalue weighted by Gasteiger charge is -2.23. The lowest BCUT2D eigenvalue weighted by molar-refractivity contribution is -0.122. The summed E-state index contributed by atoms with van der Waals surface area (Å²) in [6, 6.07) is 12.5. The fraction of sp³-hybridized carbons (Fsp3) is 0.176. The number of aryl methyl sites for hydroxylation is 1. The molecule has 1 atom stereocenters. The number of hydrogen-bond donors (Lipinski definition) is 2. The zero-order valence-corrected chi connectivity index (χ0v) is 12.3. The summed E-state index contributed by atoms with van der Waals surface area (Å²) in [7, 11) is 0. The molecule has 0 saturated carbocycles. The minimum atomic E-state index is -0.514. The number of anilines is 2. The van der Waals surface area contributed by atoms with Crippen LogP contribution in [0.15, 0.2) is 42.5 Å². The molecule has 0 aliphatic carbocycles. The van der Waals surface area contributed by atoms with Gasteiger partial charge in [-0.25, -0.2) is 0 Å². The van der Waals surface area contributed by atoms with Crippen LogP contribution < -0.4 is 15.4 Å². The standard InChI is InChI=1S/C17H16N2O3/c1-10-4-3-5-12(8-10)17(21)18-13-6-7-15-14(9-13)19-16(20)11(2)22-15/h3-9,11H,1-2H3,(H,18,21)(H,19,20)/t11-/m0/s1. The Morgan fingerprint density at radius 2 is 2.05 bits per heavy atom. The number of benzene rings is 2. The summed E-state index contributed by atoms with van der Waals surface area (Å²) in [5, 5.41) is 5.57. The van der Waals surface area contributed by atoms with Crippen LogP contribution in [0.4, 0.5) is 11.4 Å². The Hall–Kier alpha value is -2.82. The topological polar surface area (TPSA) is 67.4 Å². The predicted molar refractivity (Wildman–Crippen MR) is 84.3 cm³/mol. The molecule has 0 radical (unpaired) electrons. The van der Waals surface area contributed by atoms with Gasteiger partial charge in [-0.1, -0.05) is 17.7 Å². The molecule has 2 N–H and O–H groups in total. The average molecular weight is 296 g/mol. The van der Waals surface area contributed by atoms with E-state index in [9.17, 15) is 9.59 Å². The Balaban J connectivity index is 1.80. The Labute approximate surface area is 128 Å². The predicted octanol–water partition coefficient (Wildman–Crippen LogP) is 2.97. The van der Waals surface area contributed by atoms with E-state index in [-0.39, 0.29) is 11.8 Å². The molecule has 2 amide bonds. The molecule has 2 aromatic rings. The normalized spacial score (nSPS) is 16.3. The number of fused-ring (bicyclic) bond motifs is 1. The van der Waals surface area contributed by atoms with Crippen LogP contribution >= 0.6 is 0 Å². The smallest absolute Gasteiger partial charge is 0.265 e. The minimum absolute atomic E-state index is 0.194. The molecule has 0 spiro atoms. The summed E-state index contributed by atoms with van der Waals surface area (Å²) in [4.78, 5) is 23.8. The first kappa shape index (κ1) is 14.1. The highest BCUT2D eigenvalue weighted by Gasteiger charge is 2.23. The van der Waals surface area contributed by atoms with Crippen molar-refractivity contribution < 1.29 is 14.3 Å². The molecule has 0 aromatic heterocycles. The molecule has 5 nitrogen and oxygen atoms in total. The monoisotopic (exact) mass is 296 g/mol. The number of amides is 2. The summed E-state index contributed by atoms with van der Waals surface area (Å²) < 4.78 is 5.48. The van der Waals surface area contributed by atoms with E-state index < -0.39 is 6.10 Å². The number of carbonyl (C=O) groups excluding carboxylic acids is 2. The molecule has 5 heteroatoms. The molecule has 2 aromatic carbocycles. The van der Waals surface area contributed by atoms with Crippen molar-refractivity contribution in [2.45, 2.75) is 20.0 Å². The molecular formula is C17H16N2O3. The van der Waals surface area contributed by atoms with Crippen LogP contribution in [0, 0.1) is 6.92 Å². The summed E-state index contributed by atoms with van der Waals surface area (Å²) in [5.74, 6) is 0.204. The van der Waals surface area contributed by atoms with Crippen LogP contribution in [0.2, 0.25) is 0 Å². The molecule has 0 bridgehead atoms. The second-order valence-corrected chi connectivity index (χ2v) is 5.28. The lowest BCUT2D eigenvalue weighted by atomic mass is 10.1. The van der Waals surface area contributed by atoms with Gasteiger partial charge < -0.3 is 15.4 Å². The summed E-state index contributed by atoms with van der Waals surface area (Å²) in [6.07, 6.45) is -0.514. The number of ether oxygens (including phenoxy) is 1. The van der Waals surface area contributed by atoms with E-state index in [0.717, 1.165) is 5.56 Å². The maximum Gasteiger partial charge on any atom is 0.265 e. The van der Waals surface area contributed by atoms with E-state index in [0.29, 0.717) is 22.7 Å². The van der Waals surface area contributed by atoms with Gasteiger partial charge in [-0.15, -0.1) is 0 Å². The van der Waals surface area contributed by atoms with Crippen LogP contribution in [-0.2, 0) is 4.79 Å². The molecular weight excluding hydrogens is 280 g/mol. The van der Waals surface area contributed by atoms with Gasteiger partial charge in [0.1, 0.15) is 5.75 Å². The highest BCUT2D eigenvalue weighted by Crippen LogP contribution is 2.32. The zero-order valence-electron chi connectivity index (χ0n) is 12.3. The van der Waals surface area contributed by atoms with Crippen LogP contribution in [0.5, 0.6) is 5.75 Å². The van der Waals surface area contributed by atoms with Gasteiger partial charge in [0.2, 0.25) is 0 Å². The van der Waals surface area contributed by atoms with Crippen molar-refractivity contribution in [2.24, 2.45) is 0 Å². The quantitative estimate of drug-likeness (QED) is 0.895. The molecule has 0 fully saturated rings. The molecule has 0 unspecified atom stereocenters. The van der Waals surface area contributed by atoms with Gasteiger partial charge >= 0.3 is 0 Å². The van der Waals surface area contributed by atoms with E-state index in [1.807, 2.05) is 25.1 Å². The minimum Gasteiger partial charge on any atom is -0.479 e. The first-order chi connectivity index (χ1) is 10.5. The van der Waals surface area contributed by atoms with Gasteiger partial charge in [-0.2, -0.15) is 0 Å². The van der Waals surface area contributed by atoms with Crippen molar-refractivity contribution in [1.29, 1.82) is 0 Å². The fourth-order valence-corrected chi connectivity index (χ4v) is 2.28. The van der Waals surface area contributed by atoms with Crippen molar-refractivity contribution in [1.82, 2.24) is 0 Å². The largest absolute Gasteiger partial charge is 0.479 e. The molecule has 1 heterocycles. The van der Waals surface area contributed by atoms with Gasteiger partial charge in [-0.05, 0) is 44.2 Å². The number of carbonyl (C=O) groups is 2. The van der Waals surface area contributed by atoms with Gasteiger partial charge in [0.15, 0.2) is 6.10 Å². The summed E-state index contributed by atoms with van der Waals surface area (Å²) in [5.41, 5.74) is 2.77. The Morgan fingerprint density at radius 1 is 1.23 bits per heavy atom. The van der Waals surface area contributed by atoms with E-state index >= 15 is 0 Å². The van der Waals surface area contributed by atoms with Crippen molar-refractivity contribution >= 4 is 23.2 Å². The third kappa shape index (κ3) is 2.79. The van der Waals surface area contributed by atoms with Gasteiger partial charge in [0, 0.05) is 11.3 Å².